The molecule has 0 spiro atoms. The van der Waals surface area contributed by atoms with E-state index >= 15 is 0 Å². The van der Waals surface area contributed by atoms with Gasteiger partial charge in [-0.2, -0.15) is 0 Å². The molecule has 4 fully saturated rings. The summed E-state index contributed by atoms with van der Waals surface area (Å²) in [5.41, 5.74) is 0.995. The summed E-state index contributed by atoms with van der Waals surface area (Å²) in [6, 6.07) is 0.316. The van der Waals surface area contributed by atoms with Gasteiger partial charge in [0, 0.05) is 25.0 Å². The second-order valence-corrected chi connectivity index (χ2v) is 9.42. The van der Waals surface area contributed by atoms with Crippen LogP contribution >= 0.6 is 0 Å². The monoisotopic (exact) mass is 367 g/mol. The highest BCUT2D eigenvalue weighted by Gasteiger charge is 2.55. The first-order chi connectivity index (χ1) is 13.2. The van der Waals surface area contributed by atoms with Crippen LogP contribution in [0.5, 0.6) is 0 Å². The van der Waals surface area contributed by atoms with E-state index in [0.29, 0.717) is 18.5 Å². The molecule has 7 rings (SSSR count). The van der Waals surface area contributed by atoms with Crippen LogP contribution in [0.15, 0.2) is 4.79 Å². The lowest BCUT2D eigenvalue weighted by Gasteiger charge is -2.30. The third-order valence-corrected chi connectivity index (χ3v) is 7.91. The summed E-state index contributed by atoms with van der Waals surface area (Å²) < 4.78 is 3.77. The van der Waals surface area contributed by atoms with Crippen molar-refractivity contribution in [2.24, 2.45) is 23.7 Å². The molecule has 6 heteroatoms. The van der Waals surface area contributed by atoms with E-state index in [-0.39, 0.29) is 5.69 Å². The highest BCUT2D eigenvalue weighted by atomic mass is 16.1. The Hall–Kier alpha value is -1.85. The summed E-state index contributed by atoms with van der Waals surface area (Å²) in [5.74, 6) is 6.69. The van der Waals surface area contributed by atoms with Gasteiger partial charge in [-0.1, -0.05) is 13.8 Å². The van der Waals surface area contributed by atoms with Gasteiger partial charge in [-0.15, -0.1) is 0 Å². The first-order valence-electron chi connectivity index (χ1n) is 10.9. The lowest BCUT2D eigenvalue weighted by molar-refractivity contribution is 0.244. The van der Waals surface area contributed by atoms with E-state index in [1.807, 2.05) is 9.13 Å². The van der Waals surface area contributed by atoms with E-state index in [2.05, 4.69) is 19.2 Å². The van der Waals surface area contributed by atoms with Gasteiger partial charge < -0.3 is 5.32 Å². The number of rotatable bonds is 4. The number of aromatic nitrogens is 4. The zero-order valence-corrected chi connectivity index (χ0v) is 16.3. The van der Waals surface area contributed by atoms with Gasteiger partial charge in [-0.25, -0.2) is 14.8 Å². The van der Waals surface area contributed by atoms with Crippen molar-refractivity contribution in [1.82, 2.24) is 19.1 Å². The Balaban J connectivity index is 1.51. The van der Waals surface area contributed by atoms with Crippen molar-refractivity contribution in [2.75, 3.05) is 5.32 Å². The van der Waals surface area contributed by atoms with Crippen LogP contribution in [0.1, 0.15) is 64.1 Å². The van der Waals surface area contributed by atoms with Crippen LogP contribution < -0.4 is 11.0 Å². The Morgan fingerprint density at radius 2 is 1.96 bits per heavy atom. The first-order valence-corrected chi connectivity index (χ1v) is 10.9. The molecule has 3 aliphatic heterocycles. The molecule has 4 saturated carbocycles. The van der Waals surface area contributed by atoms with E-state index < -0.39 is 0 Å². The van der Waals surface area contributed by atoms with E-state index in [4.69, 9.17) is 9.97 Å². The fourth-order valence-corrected chi connectivity index (χ4v) is 6.88. The maximum Gasteiger partial charge on any atom is 0.331 e. The third kappa shape index (κ3) is 2.10. The maximum absolute atomic E-state index is 13.1. The van der Waals surface area contributed by atoms with Crippen molar-refractivity contribution in [3.05, 3.63) is 16.3 Å². The number of hydrogen-bond acceptors (Lipinski definition) is 4. The van der Waals surface area contributed by atoms with Gasteiger partial charge in [0.1, 0.15) is 17.3 Å². The van der Waals surface area contributed by atoms with Crippen molar-refractivity contribution < 1.29 is 0 Å². The van der Waals surface area contributed by atoms with Gasteiger partial charge in [0.15, 0.2) is 5.82 Å². The van der Waals surface area contributed by atoms with Crippen molar-refractivity contribution in [1.29, 1.82) is 0 Å². The summed E-state index contributed by atoms with van der Waals surface area (Å²) in [6.07, 6.45) is 7.49. The van der Waals surface area contributed by atoms with Crippen LogP contribution in [-0.4, -0.2) is 25.1 Å². The van der Waals surface area contributed by atoms with Gasteiger partial charge in [-0.3, -0.25) is 9.13 Å². The van der Waals surface area contributed by atoms with Crippen LogP contribution in [0.3, 0.4) is 0 Å². The lowest BCUT2D eigenvalue weighted by Crippen LogP contribution is -2.32. The molecule has 0 aromatic rings. The minimum atomic E-state index is 0.0723. The zero-order valence-electron chi connectivity index (χ0n) is 16.3. The molecular formula is C21H29N5O. The Labute approximate surface area is 159 Å². The average Bonchev–Trinajstić information content (AvgIpc) is 3.39. The van der Waals surface area contributed by atoms with E-state index in [1.165, 1.54) is 25.7 Å². The summed E-state index contributed by atoms with van der Waals surface area (Å²) >= 11 is 0. The standard InChI is InChI=1S/C21H29N5O/c1-3-5-25-20-17(19-22-14(4-2)10-26(19)21(25)27)23-18(24-20)16-13-7-11-6-12(9-13)15(16)8-11/h11-16,22H,3-10H2,1-2H3. The number of hydrogen-bond donors (Lipinski definition) is 1. The minimum absolute atomic E-state index is 0.0723. The Morgan fingerprint density at radius 3 is 2.74 bits per heavy atom. The van der Waals surface area contributed by atoms with Gasteiger partial charge in [-0.05, 0) is 62.2 Å². The smallest absolute Gasteiger partial charge is 0.331 e. The summed E-state index contributed by atoms with van der Waals surface area (Å²) in [6.45, 7) is 5.74. The topological polar surface area (TPSA) is 64.7 Å². The SMILES string of the molecule is CCCn1c2nc(C3C4CC5CC(C4)C3C5)nc-2c2n(c1=O)CC(CC)N2. The fourth-order valence-electron chi connectivity index (χ4n) is 6.88. The second kappa shape index (κ2) is 5.58. The van der Waals surface area contributed by atoms with Gasteiger partial charge in [0.25, 0.3) is 0 Å². The molecule has 27 heavy (non-hydrogen) atoms. The fraction of sp³-hybridized carbons (Fsp3) is 0.762. The summed E-state index contributed by atoms with van der Waals surface area (Å²) in [7, 11) is 0. The molecule has 0 radical (unpaired) electrons. The molecule has 0 saturated heterocycles. The van der Waals surface area contributed by atoms with Crippen LogP contribution in [0.2, 0.25) is 0 Å². The second-order valence-electron chi connectivity index (χ2n) is 9.42. The van der Waals surface area contributed by atoms with Crippen LogP contribution in [-0.2, 0) is 13.1 Å². The summed E-state index contributed by atoms with van der Waals surface area (Å²) in [5, 5.41) is 3.56. The quantitative estimate of drug-likeness (QED) is 0.900. The van der Waals surface area contributed by atoms with Gasteiger partial charge in [0.2, 0.25) is 0 Å². The van der Waals surface area contributed by atoms with E-state index in [0.717, 1.165) is 66.2 Å². The number of nitrogens with one attached hydrogen (secondary N) is 1. The Morgan fingerprint density at radius 1 is 1.11 bits per heavy atom. The lowest BCUT2D eigenvalue weighted by atomic mass is 9.75. The molecule has 6 nitrogen and oxygen atoms in total. The molecular weight excluding hydrogens is 338 g/mol. The molecule has 4 bridgehead atoms. The van der Waals surface area contributed by atoms with Crippen LogP contribution in [0, 0.1) is 23.7 Å². The Kier molecular flexibility index (Phi) is 3.34. The van der Waals surface area contributed by atoms with Crippen molar-refractivity contribution in [3.8, 4) is 11.5 Å². The maximum atomic E-state index is 13.1. The van der Waals surface area contributed by atoms with E-state index in [9.17, 15) is 4.79 Å². The van der Waals surface area contributed by atoms with Crippen molar-refractivity contribution in [3.63, 3.8) is 0 Å². The average molecular weight is 367 g/mol. The van der Waals surface area contributed by atoms with Crippen LogP contribution in [0.4, 0.5) is 5.82 Å². The highest BCUT2D eigenvalue weighted by Crippen LogP contribution is 2.64. The zero-order chi connectivity index (χ0) is 18.3. The molecule has 144 valence electrons. The van der Waals surface area contributed by atoms with Gasteiger partial charge >= 0.3 is 5.69 Å². The predicted octanol–water partition coefficient (Wildman–Crippen LogP) is 3.31. The first kappa shape index (κ1) is 16.1. The molecule has 0 aromatic carbocycles. The Bertz CT molecular complexity index is 925. The van der Waals surface area contributed by atoms with Crippen LogP contribution in [0.25, 0.3) is 11.5 Å². The number of fused-ring (bicyclic) bond motifs is 3. The molecule has 6 atom stereocenters. The molecule has 0 amide bonds. The van der Waals surface area contributed by atoms with E-state index in [1.54, 1.807) is 0 Å². The molecule has 7 aliphatic rings. The number of imidazole rings is 1. The van der Waals surface area contributed by atoms with Gasteiger partial charge in [0.05, 0.1) is 0 Å². The number of anilines is 1. The molecule has 3 heterocycles. The molecule has 1 N–H and O–H groups in total. The molecule has 6 unspecified atom stereocenters. The molecule has 0 aromatic heterocycles. The summed E-state index contributed by atoms with van der Waals surface area (Å²) in [4.78, 5) is 23.3. The van der Waals surface area contributed by atoms with Crippen molar-refractivity contribution in [2.45, 2.75) is 77.4 Å². The van der Waals surface area contributed by atoms with Crippen molar-refractivity contribution >= 4 is 5.82 Å². The number of nitrogens with zero attached hydrogens (tertiary/aromatic N) is 4. The highest BCUT2D eigenvalue weighted by molar-refractivity contribution is 5.70. The minimum Gasteiger partial charge on any atom is -0.365 e. The third-order valence-electron chi connectivity index (χ3n) is 7.91. The predicted molar refractivity (Wildman–Crippen MR) is 104 cm³/mol. The molecule has 4 aliphatic carbocycles. The largest absolute Gasteiger partial charge is 0.365 e. The normalized spacial score (nSPS) is 35.9.